The Hall–Kier alpha value is -1.22. The van der Waals surface area contributed by atoms with E-state index in [9.17, 15) is 0 Å². The van der Waals surface area contributed by atoms with Crippen LogP contribution in [0.1, 0.15) is 12.8 Å². The molecule has 2 rings (SSSR count). The van der Waals surface area contributed by atoms with Gasteiger partial charge in [0.2, 0.25) is 0 Å². The van der Waals surface area contributed by atoms with E-state index in [1.54, 1.807) is 7.11 Å². The van der Waals surface area contributed by atoms with Crippen molar-refractivity contribution >= 4 is 5.69 Å². The maximum absolute atomic E-state index is 5.73. The minimum atomic E-state index is 0.348. The molecule has 0 bridgehead atoms. The first-order valence-corrected chi connectivity index (χ1v) is 5.37. The maximum Gasteiger partial charge on any atom is 0.141 e. The molecule has 0 saturated heterocycles. The van der Waals surface area contributed by atoms with Crippen LogP contribution in [0.25, 0.3) is 0 Å². The summed E-state index contributed by atoms with van der Waals surface area (Å²) in [5.41, 5.74) is 7.14. The Morgan fingerprint density at radius 2 is 2.13 bits per heavy atom. The number of rotatable bonds is 5. The van der Waals surface area contributed by atoms with Gasteiger partial charge in [-0.15, -0.1) is 0 Å². The zero-order valence-corrected chi connectivity index (χ0v) is 9.12. The van der Waals surface area contributed by atoms with Crippen LogP contribution in [0.2, 0.25) is 0 Å². The van der Waals surface area contributed by atoms with Gasteiger partial charge >= 0.3 is 0 Å². The summed E-state index contributed by atoms with van der Waals surface area (Å²) in [6, 6.07) is 7.97. The number of hydrogen-bond donors (Lipinski definition) is 2. The van der Waals surface area contributed by atoms with E-state index in [4.69, 9.17) is 10.5 Å². The van der Waals surface area contributed by atoms with Gasteiger partial charge in [0.25, 0.3) is 0 Å². The van der Waals surface area contributed by atoms with Crippen LogP contribution < -0.4 is 15.8 Å². The van der Waals surface area contributed by atoms with Crippen molar-refractivity contribution in [2.75, 3.05) is 25.5 Å². The first-order chi connectivity index (χ1) is 7.29. The Bertz CT molecular complexity index is 334. The molecule has 1 saturated carbocycles. The van der Waals surface area contributed by atoms with Gasteiger partial charge in [-0.2, -0.15) is 0 Å². The fourth-order valence-corrected chi connectivity index (χ4v) is 1.70. The molecule has 0 amide bonds. The van der Waals surface area contributed by atoms with Crippen molar-refractivity contribution in [1.82, 2.24) is 0 Å². The summed E-state index contributed by atoms with van der Waals surface area (Å²) in [4.78, 5) is 0. The van der Waals surface area contributed by atoms with Gasteiger partial charge in [0.1, 0.15) is 5.75 Å². The number of anilines is 1. The highest BCUT2D eigenvalue weighted by molar-refractivity contribution is 5.56. The highest BCUT2D eigenvalue weighted by atomic mass is 16.5. The molecule has 1 aromatic rings. The third kappa shape index (κ3) is 2.23. The SMILES string of the molecule is COc1ccccc1NCC1(CN)CC1. The Morgan fingerprint density at radius 3 is 2.73 bits per heavy atom. The quantitative estimate of drug-likeness (QED) is 0.773. The number of para-hydroxylation sites is 2. The number of methoxy groups -OCH3 is 1. The molecule has 0 aliphatic heterocycles. The number of benzene rings is 1. The average molecular weight is 206 g/mol. The first kappa shape index (κ1) is 10.3. The second-order valence-electron chi connectivity index (χ2n) is 4.26. The van der Waals surface area contributed by atoms with Crippen molar-refractivity contribution < 1.29 is 4.74 Å². The van der Waals surface area contributed by atoms with Crippen LogP contribution in [0.3, 0.4) is 0 Å². The monoisotopic (exact) mass is 206 g/mol. The van der Waals surface area contributed by atoms with Crippen LogP contribution in [-0.4, -0.2) is 20.2 Å². The van der Waals surface area contributed by atoms with Gasteiger partial charge in [-0.3, -0.25) is 0 Å². The van der Waals surface area contributed by atoms with Gasteiger partial charge in [0, 0.05) is 6.54 Å². The second-order valence-corrected chi connectivity index (χ2v) is 4.26. The minimum Gasteiger partial charge on any atom is -0.495 e. The van der Waals surface area contributed by atoms with Gasteiger partial charge in [-0.05, 0) is 36.9 Å². The van der Waals surface area contributed by atoms with E-state index in [-0.39, 0.29) is 0 Å². The van der Waals surface area contributed by atoms with Crippen molar-refractivity contribution in [2.45, 2.75) is 12.8 Å². The normalized spacial score (nSPS) is 17.2. The summed E-state index contributed by atoms with van der Waals surface area (Å²) in [5.74, 6) is 0.894. The summed E-state index contributed by atoms with van der Waals surface area (Å²) in [7, 11) is 1.69. The molecule has 1 aromatic carbocycles. The summed E-state index contributed by atoms with van der Waals surface area (Å²) in [5, 5.41) is 3.41. The molecule has 3 nitrogen and oxygen atoms in total. The molecule has 0 unspecified atom stereocenters. The number of nitrogens with two attached hydrogens (primary N) is 1. The van der Waals surface area contributed by atoms with Crippen LogP contribution in [0.5, 0.6) is 5.75 Å². The van der Waals surface area contributed by atoms with Gasteiger partial charge in [0.15, 0.2) is 0 Å². The van der Waals surface area contributed by atoms with Gasteiger partial charge in [-0.1, -0.05) is 12.1 Å². The van der Waals surface area contributed by atoms with Gasteiger partial charge < -0.3 is 15.8 Å². The molecule has 3 N–H and O–H groups in total. The van der Waals surface area contributed by atoms with Crippen molar-refractivity contribution in [1.29, 1.82) is 0 Å². The van der Waals surface area contributed by atoms with E-state index in [1.165, 1.54) is 12.8 Å². The molecule has 3 heteroatoms. The smallest absolute Gasteiger partial charge is 0.141 e. The molecule has 1 fully saturated rings. The molecule has 1 aliphatic carbocycles. The molecule has 82 valence electrons. The molecular formula is C12H18N2O. The third-order valence-corrected chi connectivity index (χ3v) is 3.15. The lowest BCUT2D eigenvalue weighted by molar-refractivity contribution is 0.416. The van der Waals surface area contributed by atoms with Crippen LogP contribution in [-0.2, 0) is 0 Å². The van der Waals surface area contributed by atoms with E-state index in [0.717, 1.165) is 24.5 Å². The fourth-order valence-electron chi connectivity index (χ4n) is 1.70. The standard InChI is InChI=1S/C12H18N2O/c1-15-11-5-3-2-4-10(11)14-9-12(8-13)6-7-12/h2-5,14H,6-9,13H2,1H3. The zero-order chi connectivity index (χ0) is 10.7. The Morgan fingerprint density at radius 1 is 1.40 bits per heavy atom. The molecule has 0 atom stereocenters. The fraction of sp³-hybridized carbons (Fsp3) is 0.500. The maximum atomic E-state index is 5.73. The first-order valence-electron chi connectivity index (χ1n) is 5.37. The summed E-state index contributed by atoms with van der Waals surface area (Å²) >= 11 is 0. The van der Waals surface area contributed by atoms with Crippen LogP contribution in [0, 0.1) is 5.41 Å². The Balaban J connectivity index is 1.98. The average Bonchev–Trinajstić information content (AvgIpc) is 3.07. The van der Waals surface area contributed by atoms with Crippen LogP contribution in [0.15, 0.2) is 24.3 Å². The summed E-state index contributed by atoms with van der Waals surface area (Å²) < 4.78 is 5.27. The second kappa shape index (κ2) is 4.11. The zero-order valence-electron chi connectivity index (χ0n) is 9.12. The predicted molar refractivity (Wildman–Crippen MR) is 62.2 cm³/mol. The number of nitrogens with one attached hydrogen (secondary N) is 1. The number of hydrogen-bond acceptors (Lipinski definition) is 3. The van der Waals surface area contributed by atoms with Crippen molar-refractivity contribution in [3.05, 3.63) is 24.3 Å². The van der Waals surface area contributed by atoms with Crippen molar-refractivity contribution in [2.24, 2.45) is 11.1 Å². The Kier molecular flexibility index (Phi) is 2.82. The van der Waals surface area contributed by atoms with E-state index < -0.39 is 0 Å². The van der Waals surface area contributed by atoms with E-state index in [2.05, 4.69) is 5.32 Å². The largest absolute Gasteiger partial charge is 0.495 e. The molecule has 0 heterocycles. The topological polar surface area (TPSA) is 47.3 Å². The predicted octanol–water partition coefficient (Wildman–Crippen LogP) is 1.85. The molecule has 0 aromatic heterocycles. The molecule has 1 aliphatic rings. The molecule has 15 heavy (non-hydrogen) atoms. The lowest BCUT2D eigenvalue weighted by Crippen LogP contribution is -2.24. The third-order valence-electron chi connectivity index (χ3n) is 3.15. The van der Waals surface area contributed by atoms with E-state index in [1.807, 2.05) is 24.3 Å². The number of ether oxygens (including phenoxy) is 1. The lowest BCUT2D eigenvalue weighted by atomic mass is 10.1. The van der Waals surface area contributed by atoms with Crippen LogP contribution in [0.4, 0.5) is 5.69 Å². The Labute approximate surface area is 90.6 Å². The molecule has 0 radical (unpaired) electrons. The van der Waals surface area contributed by atoms with Gasteiger partial charge in [0.05, 0.1) is 12.8 Å². The molecular weight excluding hydrogens is 188 g/mol. The highest BCUT2D eigenvalue weighted by Gasteiger charge is 2.40. The van der Waals surface area contributed by atoms with E-state index in [0.29, 0.717) is 5.41 Å². The minimum absolute atomic E-state index is 0.348. The van der Waals surface area contributed by atoms with Crippen molar-refractivity contribution in [3.63, 3.8) is 0 Å². The van der Waals surface area contributed by atoms with Gasteiger partial charge in [-0.25, -0.2) is 0 Å². The van der Waals surface area contributed by atoms with Crippen molar-refractivity contribution in [3.8, 4) is 5.75 Å². The summed E-state index contributed by atoms with van der Waals surface area (Å²) in [6.45, 7) is 1.72. The highest BCUT2D eigenvalue weighted by Crippen LogP contribution is 2.44. The van der Waals surface area contributed by atoms with Crippen LogP contribution >= 0.6 is 0 Å². The van der Waals surface area contributed by atoms with E-state index >= 15 is 0 Å². The summed E-state index contributed by atoms with van der Waals surface area (Å²) in [6.07, 6.45) is 2.48. The lowest BCUT2D eigenvalue weighted by Gasteiger charge is -2.16. The molecule has 0 spiro atoms.